The van der Waals surface area contributed by atoms with E-state index in [0.29, 0.717) is 101 Å². The van der Waals surface area contributed by atoms with E-state index in [1.807, 2.05) is 14.0 Å². The largest absolute Gasteiger partial charge is 0.493 e. The van der Waals surface area contributed by atoms with Crippen LogP contribution >= 0.6 is 0 Å². The van der Waals surface area contributed by atoms with Crippen molar-refractivity contribution in [1.82, 2.24) is 28.9 Å². The van der Waals surface area contributed by atoms with E-state index in [1.54, 1.807) is 45.2 Å². The molecule has 0 saturated carbocycles. The van der Waals surface area contributed by atoms with Crippen LogP contribution in [-0.2, 0) is 4.74 Å². The van der Waals surface area contributed by atoms with Gasteiger partial charge in [0.25, 0.3) is 22.9 Å². The summed E-state index contributed by atoms with van der Waals surface area (Å²) in [5.41, 5.74) is -0.802. The summed E-state index contributed by atoms with van der Waals surface area (Å²) in [5, 5.41) is 16.3. The van der Waals surface area contributed by atoms with Gasteiger partial charge in [-0.2, -0.15) is 0 Å². The second-order valence-electron chi connectivity index (χ2n) is 25.1. The third-order valence-corrected chi connectivity index (χ3v) is 17.5. The molecule has 10 aromatic rings. The molecule has 28 heteroatoms. The Hall–Kier alpha value is -11.5. The number of anilines is 2. The van der Waals surface area contributed by atoms with Crippen molar-refractivity contribution in [2.24, 2.45) is 0 Å². The van der Waals surface area contributed by atoms with E-state index in [2.05, 4.69) is 30.4 Å². The zero-order valence-electron chi connectivity index (χ0n) is 58.9. The molecule has 554 valence electrons. The summed E-state index contributed by atoms with van der Waals surface area (Å²) in [6, 6.07) is 27.8. The summed E-state index contributed by atoms with van der Waals surface area (Å²) in [6.45, 7) is 12.5. The minimum atomic E-state index is -0.823. The molecule has 0 atom stereocenters. The molecule has 3 aliphatic rings. The van der Waals surface area contributed by atoms with Crippen molar-refractivity contribution < 1.29 is 84.4 Å². The Kier molecular flexibility index (Phi) is 23.8. The molecular formula is C78H78F4N8O16. The number of carbonyl (C=O) groups is 2. The molecule has 3 aliphatic heterocycles. The van der Waals surface area contributed by atoms with Crippen LogP contribution in [0.4, 0.5) is 28.9 Å². The van der Waals surface area contributed by atoms with E-state index in [-0.39, 0.29) is 83.4 Å². The Balaban J connectivity index is 0.000000199. The molecule has 1 saturated heterocycles. The van der Waals surface area contributed by atoms with Crippen LogP contribution in [0.25, 0.3) is 33.2 Å². The van der Waals surface area contributed by atoms with Crippen LogP contribution in [-0.4, -0.2) is 158 Å². The predicted molar refractivity (Wildman–Crippen MR) is 387 cm³/mol. The van der Waals surface area contributed by atoms with Crippen LogP contribution < -0.4 is 69.1 Å². The van der Waals surface area contributed by atoms with E-state index < -0.39 is 51.8 Å². The number of pyridine rings is 4. The molecule has 1 fully saturated rings. The van der Waals surface area contributed by atoms with Gasteiger partial charge >= 0.3 is 0 Å². The molecule has 0 radical (unpaired) electrons. The van der Waals surface area contributed by atoms with Crippen LogP contribution in [0.1, 0.15) is 67.2 Å². The van der Waals surface area contributed by atoms with Crippen molar-refractivity contribution >= 4 is 45.0 Å². The average Bonchev–Trinajstić information content (AvgIpc) is 0.747. The molecule has 3 N–H and O–H groups in total. The van der Waals surface area contributed by atoms with E-state index >= 15 is 8.78 Å². The van der Waals surface area contributed by atoms with Crippen LogP contribution in [0.3, 0.4) is 0 Å². The summed E-state index contributed by atoms with van der Waals surface area (Å²) in [4.78, 5) is 67.3. The molecular weight excluding hydrogens is 1380 g/mol. The van der Waals surface area contributed by atoms with Gasteiger partial charge in [0.05, 0.1) is 60.4 Å². The lowest BCUT2D eigenvalue weighted by atomic mass is 9.94. The fourth-order valence-electron chi connectivity index (χ4n) is 12.1. The van der Waals surface area contributed by atoms with Gasteiger partial charge in [0.2, 0.25) is 11.5 Å². The zero-order chi connectivity index (χ0) is 74.4. The number of aliphatic hydroxyl groups is 1. The number of nitrogens with one attached hydrogen (secondary N) is 2. The quantitative estimate of drug-likeness (QED) is 0.0319. The van der Waals surface area contributed by atoms with E-state index in [1.165, 1.54) is 119 Å². The maximum atomic E-state index is 15.6. The van der Waals surface area contributed by atoms with Crippen molar-refractivity contribution in [1.29, 1.82) is 0 Å². The summed E-state index contributed by atoms with van der Waals surface area (Å²) >= 11 is 0. The van der Waals surface area contributed by atoms with Gasteiger partial charge in [-0.15, -0.1) is 0 Å². The average molecular weight is 1460 g/mol. The number of hydrogen-bond donors (Lipinski definition) is 3. The number of methoxy groups -OCH3 is 1. The maximum Gasteiger partial charge on any atom is 0.271 e. The summed E-state index contributed by atoms with van der Waals surface area (Å²) in [6.07, 6.45) is 8.95. The van der Waals surface area contributed by atoms with Gasteiger partial charge in [-0.05, 0) is 151 Å². The van der Waals surface area contributed by atoms with Gasteiger partial charge in [0.15, 0.2) is 46.1 Å². The molecule has 13 rings (SSSR count). The summed E-state index contributed by atoms with van der Waals surface area (Å²) in [5.74, 6) is -1.31. The van der Waals surface area contributed by atoms with Crippen LogP contribution in [0, 0.1) is 23.3 Å². The number of likely N-dealkylation sites (tertiary alicyclic amines) is 1. The number of fused-ring (bicyclic) bond motifs is 6. The van der Waals surface area contributed by atoms with Crippen LogP contribution in [0.2, 0.25) is 0 Å². The lowest BCUT2D eigenvalue weighted by molar-refractivity contribution is -0.00607. The van der Waals surface area contributed by atoms with E-state index in [4.69, 9.17) is 52.1 Å². The van der Waals surface area contributed by atoms with E-state index in [0.717, 1.165) is 70.5 Å². The first-order valence-electron chi connectivity index (χ1n) is 34.5. The number of amides is 2. The summed E-state index contributed by atoms with van der Waals surface area (Å²) < 4.78 is 125. The highest BCUT2D eigenvalue weighted by Crippen LogP contribution is 2.50. The number of ether oxygens (including phenoxy) is 11. The van der Waals surface area contributed by atoms with Crippen molar-refractivity contribution in [2.45, 2.75) is 52.1 Å². The number of benzene rings is 6. The zero-order valence-corrected chi connectivity index (χ0v) is 58.9. The van der Waals surface area contributed by atoms with Gasteiger partial charge in [-0.25, -0.2) is 17.6 Å². The molecule has 24 nitrogen and oxygen atoms in total. The monoisotopic (exact) mass is 1460 g/mol. The number of aromatic nitrogens is 4. The second-order valence-corrected chi connectivity index (χ2v) is 25.1. The topological polar surface area (TPSA) is 256 Å². The molecule has 0 bridgehead atoms. The number of piperidine rings is 1. The van der Waals surface area contributed by atoms with Crippen molar-refractivity contribution in [3.63, 3.8) is 0 Å². The standard InChI is InChI=1S/C40H40F2N4O8.C38H38F2N4O8/c1-3-50-31-12-17-46(27-8-5-25(41)6-9-27)39(48)35(31)38(47)44-26-7-10-30(28(42)23-26)54-32-11-15-43-29-24-33(36-37(34(29)32)53-22-21-52-36)51-20-4-16-45-18-13-40(2,49)14-19-45;1-4-48-30-13-16-44(26-9-6-24(39)7-10-26)38(46)34(30)37(45)42-25-8-11-29(27(40)22-25)52-31-12-14-41-28-23-32(35-36(33(28)31)51-21-20-50-35)49-18-5-15-43(2)17-19-47-3/h5-12,15,17,23-24,49H,3-4,13-14,16,18-22H2,1-2H3,(H,44,47);6-14,16,22-23H,4-5,15,17-21H2,1-3H3,(H,42,45). The number of likely N-dealkylation sites (N-methyl/N-ethyl adjacent to an activating group) is 1. The summed E-state index contributed by atoms with van der Waals surface area (Å²) in [7, 11) is 3.69. The Morgan fingerprint density at radius 3 is 1.42 bits per heavy atom. The van der Waals surface area contributed by atoms with E-state index in [9.17, 15) is 33.1 Å². The Labute approximate surface area is 606 Å². The highest BCUT2D eigenvalue weighted by molar-refractivity contribution is 6.07. The van der Waals surface area contributed by atoms with Crippen LogP contribution in [0.15, 0.2) is 156 Å². The van der Waals surface area contributed by atoms with Crippen molar-refractivity contribution in [2.75, 3.05) is 117 Å². The molecule has 7 heterocycles. The molecule has 0 unspecified atom stereocenters. The fraction of sp³-hybridized carbons (Fsp3) is 0.308. The number of halogens is 4. The Bertz CT molecular complexity index is 4940. The molecule has 4 aromatic heterocycles. The highest BCUT2D eigenvalue weighted by atomic mass is 19.1. The normalized spacial score (nSPS) is 13.7. The lowest BCUT2D eigenvalue weighted by Crippen LogP contribution is -2.42. The van der Waals surface area contributed by atoms with Gasteiger partial charge in [0.1, 0.15) is 72.2 Å². The van der Waals surface area contributed by atoms with Gasteiger partial charge in [-0.3, -0.25) is 38.3 Å². The first-order valence-corrected chi connectivity index (χ1v) is 34.5. The third kappa shape index (κ3) is 17.5. The SMILES string of the molecule is CCOc1ccn(-c2ccc(F)cc2)c(=O)c1C(=O)Nc1ccc(Oc2ccnc3cc(OCCCN(C)CCOC)c4c(c23)OCCO4)c(F)c1.CCOc1ccn(-c2ccc(F)cc2)c(=O)c1C(=O)Nc1ccc(Oc2ccnc3cc(OCCCN4CCC(C)(O)CC4)c4c(c23)OCCO4)c(F)c1. The highest BCUT2D eigenvalue weighted by Gasteiger charge is 2.31. The first-order chi connectivity index (χ1) is 51.4. The van der Waals surface area contributed by atoms with Gasteiger partial charge < -0.3 is 77.6 Å². The minimum Gasteiger partial charge on any atom is -0.493 e. The number of carbonyl (C=O) groups excluding carboxylic acids is 2. The Morgan fingerprint density at radius 2 is 0.981 bits per heavy atom. The first kappa shape index (κ1) is 74.3. The molecule has 2 amide bonds. The third-order valence-electron chi connectivity index (χ3n) is 17.5. The predicted octanol–water partition coefficient (Wildman–Crippen LogP) is 12.7. The number of hydrogen-bond acceptors (Lipinski definition) is 20. The Morgan fingerprint density at radius 1 is 0.538 bits per heavy atom. The second kappa shape index (κ2) is 34.0. The van der Waals surface area contributed by atoms with Crippen molar-refractivity contribution in [3.05, 3.63) is 201 Å². The minimum absolute atomic E-state index is 0.0416. The van der Waals surface area contributed by atoms with Crippen LogP contribution in [0.5, 0.6) is 69.0 Å². The number of nitrogens with zero attached hydrogens (tertiary/aromatic N) is 6. The van der Waals surface area contributed by atoms with Gasteiger partial charge in [0, 0.05) is 112 Å². The molecule has 6 aromatic carbocycles. The lowest BCUT2D eigenvalue weighted by Gasteiger charge is -2.35. The van der Waals surface area contributed by atoms with Gasteiger partial charge in [-0.1, -0.05) is 0 Å². The fourth-order valence-corrected chi connectivity index (χ4v) is 12.1. The molecule has 0 spiro atoms. The smallest absolute Gasteiger partial charge is 0.271 e. The molecule has 0 aliphatic carbocycles. The number of rotatable bonds is 27. The van der Waals surface area contributed by atoms with Crippen molar-refractivity contribution in [3.8, 4) is 80.4 Å². The molecule has 106 heavy (non-hydrogen) atoms. The maximum absolute atomic E-state index is 15.6.